The predicted octanol–water partition coefficient (Wildman–Crippen LogP) is 3.31. The van der Waals surface area contributed by atoms with Gasteiger partial charge in [0.15, 0.2) is 11.5 Å². The van der Waals surface area contributed by atoms with E-state index in [2.05, 4.69) is 6.07 Å². The van der Waals surface area contributed by atoms with Gasteiger partial charge in [0, 0.05) is 11.6 Å². The molecule has 0 saturated heterocycles. The molecule has 0 heterocycles. The molecule has 0 aliphatic heterocycles. The van der Waals surface area contributed by atoms with Crippen LogP contribution in [-0.4, -0.2) is 14.2 Å². The molecule has 0 N–H and O–H groups in total. The number of para-hydroxylation sites is 1. The Morgan fingerprint density at radius 2 is 1.94 bits per heavy atom. The minimum Gasteiger partial charge on any atom is -0.493 e. The van der Waals surface area contributed by atoms with Gasteiger partial charge in [-0.2, -0.15) is 0 Å². The first kappa shape index (κ1) is 11.5. The molecule has 0 amide bonds. The fourth-order valence-corrected chi connectivity index (χ4v) is 1.72. The zero-order chi connectivity index (χ0) is 12.3. The molecule has 87 valence electrons. The van der Waals surface area contributed by atoms with E-state index in [4.69, 9.17) is 9.47 Å². The average Bonchev–Trinajstić information content (AvgIpc) is 2.37. The Bertz CT molecular complexity index is 523. The van der Waals surface area contributed by atoms with Gasteiger partial charge in [-0.05, 0) is 17.7 Å². The highest BCUT2D eigenvalue weighted by Crippen LogP contribution is 2.37. The third-order valence-electron chi connectivity index (χ3n) is 2.48. The van der Waals surface area contributed by atoms with E-state index in [0.717, 1.165) is 11.1 Å². The maximum absolute atomic E-state index is 13.1. The molecule has 0 fully saturated rings. The second kappa shape index (κ2) is 4.87. The number of hydrogen-bond donors (Lipinski definition) is 0. The van der Waals surface area contributed by atoms with E-state index in [1.807, 2.05) is 12.1 Å². The molecular formula is C14H12FO2. The summed E-state index contributed by atoms with van der Waals surface area (Å²) in [6, 6.07) is 12.7. The third kappa shape index (κ3) is 2.23. The summed E-state index contributed by atoms with van der Waals surface area (Å²) in [6.07, 6.45) is 0. The fourth-order valence-electron chi connectivity index (χ4n) is 1.72. The summed E-state index contributed by atoms with van der Waals surface area (Å²) in [5.74, 6) is 0.825. The minimum atomic E-state index is -0.396. The van der Waals surface area contributed by atoms with Crippen LogP contribution in [0.1, 0.15) is 0 Å². The van der Waals surface area contributed by atoms with Crippen molar-refractivity contribution in [2.24, 2.45) is 0 Å². The molecule has 0 spiro atoms. The Balaban J connectivity index is 2.59. The molecule has 1 radical (unpaired) electrons. The first-order chi connectivity index (χ1) is 8.26. The lowest BCUT2D eigenvalue weighted by Crippen LogP contribution is -1.93. The molecular weight excluding hydrogens is 219 g/mol. The van der Waals surface area contributed by atoms with E-state index in [1.165, 1.54) is 6.07 Å². The van der Waals surface area contributed by atoms with Crippen LogP contribution in [0.15, 0.2) is 36.4 Å². The number of halogens is 1. The van der Waals surface area contributed by atoms with Crippen molar-refractivity contribution in [1.29, 1.82) is 0 Å². The summed E-state index contributed by atoms with van der Waals surface area (Å²) >= 11 is 0. The molecule has 0 unspecified atom stereocenters. The summed E-state index contributed by atoms with van der Waals surface area (Å²) in [7, 11) is 3.13. The van der Waals surface area contributed by atoms with Crippen LogP contribution in [-0.2, 0) is 0 Å². The zero-order valence-corrected chi connectivity index (χ0v) is 9.66. The molecule has 2 aromatic rings. The topological polar surface area (TPSA) is 18.5 Å². The van der Waals surface area contributed by atoms with Gasteiger partial charge in [0.1, 0.15) is 5.82 Å². The minimum absolute atomic E-state index is 0.396. The van der Waals surface area contributed by atoms with Crippen molar-refractivity contribution in [3.63, 3.8) is 0 Å². The largest absolute Gasteiger partial charge is 0.493 e. The van der Waals surface area contributed by atoms with Gasteiger partial charge in [0.2, 0.25) is 0 Å². The van der Waals surface area contributed by atoms with Crippen molar-refractivity contribution in [1.82, 2.24) is 0 Å². The van der Waals surface area contributed by atoms with Gasteiger partial charge < -0.3 is 9.47 Å². The second-order valence-electron chi connectivity index (χ2n) is 3.47. The average molecular weight is 231 g/mol. The third-order valence-corrected chi connectivity index (χ3v) is 2.48. The van der Waals surface area contributed by atoms with Crippen molar-refractivity contribution in [3.8, 4) is 22.6 Å². The van der Waals surface area contributed by atoms with Crippen LogP contribution in [0.5, 0.6) is 11.5 Å². The predicted molar refractivity (Wildman–Crippen MR) is 63.8 cm³/mol. The quantitative estimate of drug-likeness (QED) is 0.806. The Hall–Kier alpha value is -2.03. The van der Waals surface area contributed by atoms with Crippen LogP contribution in [0.25, 0.3) is 11.1 Å². The molecule has 2 aromatic carbocycles. The highest BCUT2D eigenvalue weighted by Gasteiger charge is 2.11. The van der Waals surface area contributed by atoms with Gasteiger partial charge >= 0.3 is 0 Å². The summed E-state index contributed by atoms with van der Waals surface area (Å²) in [5, 5.41) is 0. The SMILES string of the molecule is COc1cccc(-c2cc[c]c(F)c2)c1OC. The van der Waals surface area contributed by atoms with Crippen LogP contribution in [0, 0.1) is 11.9 Å². The fraction of sp³-hybridized carbons (Fsp3) is 0.143. The van der Waals surface area contributed by atoms with Gasteiger partial charge in [-0.25, -0.2) is 4.39 Å². The molecule has 0 saturated carbocycles. The lowest BCUT2D eigenvalue weighted by Gasteiger charge is -2.12. The van der Waals surface area contributed by atoms with E-state index in [0.29, 0.717) is 11.5 Å². The first-order valence-corrected chi connectivity index (χ1v) is 5.15. The highest BCUT2D eigenvalue weighted by atomic mass is 19.1. The van der Waals surface area contributed by atoms with Gasteiger partial charge in [0.05, 0.1) is 14.2 Å². The maximum atomic E-state index is 13.1. The van der Waals surface area contributed by atoms with Crippen molar-refractivity contribution in [2.75, 3.05) is 14.2 Å². The Labute approximate surface area is 99.6 Å². The number of benzene rings is 2. The number of ether oxygens (including phenoxy) is 2. The van der Waals surface area contributed by atoms with Gasteiger partial charge in [-0.1, -0.05) is 24.3 Å². The van der Waals surface area contributed by atoms with E-state index < -0.39 is 5.82 Å². The summed E-state index contributed by atoms with van der Waals surface area (Å²) in [5.41, 5.74) is 1.52. The van der Waals surface area contributed by atoms with Gasteiger partial charge in [0.25, 0.3) is 0 Å². The highest BCUT2D eigenvalue weighted by molar-refractivity contribution is 5.73. The first-order valence-electron chi connectivity index (χ1n) is 5.15. The molecule has 3 heteroatoms. The van der Waals surface area contributed by atoms with Crippen molar-refractivity contribution in [3.05, 3.63) is 48.3 Å². The molecule has 0 aromatic heterocycles. The zero-order valence-electron chi connectivity index (χ0n) is 9.66. The molecule has 2 nitrogen and oxygen atoms in total. The smallest absolute Gasteiger partial charge is 0.168 e. The normalized spacial score (nSPS) is 10.1. The Morgan fingerprint density at radius 1 is 1.12 bits per heavy atom. The second-order valence-corrected chi connectivity index (χ2v) is 3.47. The molecule has 17 heavy (non-hydrogen) atoms. The number of methoxy groups -OCH3 is 2. The summed E-state index contributed by atoms with van der Waals surface area (Å²) in [6.45, 7) is 0. The lowest BCUT2D eigenvalue weighted by atomic mass is 10.0. The number of hydrogen-bond acceptors (Lipinski definition) is 2. The van der Waals surface area contributed by atoms with E-state index in [9.17, 15) is 4.39 Å². The van der Waals surface area contributed by atoms with Gasteiger partial charge in [-0.3, -0.25) is 0 Å². The maximum Gasteiger partial charge on any atom is 0.168 e. The molecule has 0 aliphatic carbocycles. The lowest BCUT2D eigenvalue weighted by molar-refractivity contribution is 0.356. The van der Waals surface area contributed by atoms with Crippen molar-refractivity contribution in [2.45, 2.75) is 0 Å². The summed E-state index contributed by atoms with van der Waals surface area (Å²) < 4.78 is 23.6. The van der Waals surface area contributed by atoms with Crippen molar-refractivity contribution >= 4 is 0 Å². The monoisotopic (exact) mass is 231 g/mol. The van der Waals surface area contributed by atoms with Crippen LogP contribution >= 0.6 is 0 Å². The molecule has 0 bridgehead atoms. The Morgan fingerprint density at radius 3 is 2.59 bits per heavy atom. The number of rotatable bonds is 3. The summed E-state index contributed by atoms with van der Waals surface area (Å²) in [4.78, 5) is 0. The molecule has 0 aliphatic rings. The van der Waals surface area contributed by atoms with Crippen LogP contribution in [0.3, 0.4) is 0 Å². The Kier molecular flexibility index (Phi) is 3.28. The molecule has 2 rings (SSSR count). The van der Waals surface area contributed by atoms with Crippen LogP contribution in [0.4, 0.5) is 4.39 Å². The molecule has 0 atom stereocenters. The van der Waals surface area contributed by atoms with E-state index in [1.54, 1.807) is 32.4 Å². The van der Waals surface area contributed by atoms with Crippen LogP contribution < -0.4 is 9.47 Å². The van der Waals surface area contributed by atoms with E-state index >= 15 is 0 Å². The van der Waals surface area contributed by atoms with Crippen molar-refractivity contribution < 1.29 is 13.9 Å². The van der Waals surface area contributed by atoms with Gasteiger partial charge in [-0.15, -0.1) is 0 Å². The van der Waals surface area contributed by atoms with Crippen LogP contribution in [0.2, 0.25) is 0 Å². The van der Waals surface area contributed by atoms with E-state index in [-0.39, 0.29) is 0 Å². The standard InChI is InChI=1S/C14H12FO2/c1-16-13-8-4-7-12(14(13)17-2)10-5-3-6-11(15)9-10/h3-5,7-9H,1-2H3.